The van der Waals surface area contributed by atoms with E-state index in [0.29, 0.717) is 12.4 Å². The van der Waals surface area contributed by atoms with Crippen LogP contribution in [0, 0.1) is 5.92 Å². The molecule has 1 atom stereocenters. The zero-order valence-electron chi connectivity index (χ0n) is 16.3. The van der Waals surface area contributed by atoms with E-state index in [1.54, 1.807) is 6.20 Å². The summed E-state index contributed by atoms with van der Waals surface area (Å²) in [5.74, 6) is 0.251. The van der Waals surface area contributed by atoms with E-state index in [0.717, 1.165) is 17.1 Å². The van der Waals surface area contributed by atoms with Gasteiger partial charge in [0.1, 0.15) is 0 Å². The fourth-order valence-corrected chi connectivity index (χ4v) is 3.44. The summed E-state index contributed by atoms with van der Waals surface area (Å²) in [6, 6.07) is 30.1. The minimum Gasteiger partial charge on any atom is -0.341 e. The van der Waals surface area contributed by atoms with Crippen LogP contribution in [0.5, 0.6) is 0 Å². The van der Waals surface area contributed by atoms with Gasteiger partial charge in [-0.1, -0.05) is 61.5 Å². The highest BCUT2D eigenvalue weighted by Gasteiger charge is 2.24. The van der Waals surface area contributed by atoms with E-state index in [1.165, 1.54) is 0 Å². The van der Waals surface area contributed by atoms with Crippen LogP contribution < -0.4 is 4.90 Å². The number of rotatable bonds is 7. The zero-order chi connectivity index (χ0) is 20.1. The number of ketones is 1. The highest BCUT2D eigenvalue weighted by Crippen LogP contribution is 2.27. The van der Waals surface area contributed by atoms with Crippen LogP contribution >= 0.6 is 0 Å². The second-order valence-corrected chi connectivity index (χ2v) is 7.00. The Kier molecular flexibility index (Phi) is 5.52. The van der Waals surface area contributed by atoms with Gasteiger partial charge in [0.25, 0.3) is 0 Å². The molecule has 0 spiro atoms. The molecule has 0 saturated carbocycles. The molecule has 4 heteroatoms. The predicted octanol–water partition coefficient (Wildman–Crippen LogP) is 5.53. The Bertz CT molecular complexity index is 1020. The minimum absolute atomic E-state index is 0.0238. The molecule has 0 aliphatic carbocycles. The molecule has 0 bridgehead atoms. The lowest BCUT2D eigenvalue weighted by Crippen LogP contribution is -2.29. The van der Waals surface area contributed by atoms with E-state index < -0.39 is 0 Å². The van der Waals surface area contributed by atoms with E-state index >= 15 is 0 Å². The average Bonchev–Trinajstić information content (AvgIpc) is 3.28. The Labute approximate surface area is 171 Å². The molecular formula is C25H23N3O. The molecule has 4 nitrogen and oxygen atoms in total. The number of Topliss-reactive ketones (excluding diaryl/α,β-unsaturated/α-hetero) is 1. The molecule has 0 saturated heterocycles. The summed E-state index contributed by atoms with van der Waals surface area (Å²) >= 11 is 0. The van der Waals surface area contributed by atoms with Gasteiger partial charge in [-0.3, -0.25) is 9.36 Å². The van der Waals surface area contributed by atoms with Crippen molar-refractivity contribution in [3.63, 3.8) is 0 Å². The first-order valence-corrected chi connectivity index (χ1v) is 9.74. The van der Waals surface area contributed by atoms with Gasteiger partial charge in [0.05, 0.1) is 0 Å². The number of hydrogen-bond acceptors (Lipinski definition) is 3. The molecule has 0 unspecified atom stereocenters. The summed E-state index contributed by atoms with van der Waals surface area (Å²) in [6.07, 6.45) is 3.51. The van der Waals surface area contributed by atoms with Gasteiger partial charge >= 0.3 is 0 Å². The Morgan fingerprint density at radius 1 is 0.862 bits per heavy atom. The maximum absolute atomic E-state index is 13.3. The molecule has 0 fully saturated rings. The van der Waals surface area contributed by atoms with Crippen LogP contribution in [0.15, 0.2) is 103 Å². The van der Waals surface area contributed by atoms with Crippen molar-refractivity contribution in [2.75, 3.05) is 11.4 Å². The van der Waals surface area contributed by atoms with E-state index in [1.807, 2.05) is 84.4 Å². The molecule has 0 N–H and O–H groups in total. The Morgan fingerprint density at radius 3 is 1.93 bits per heavy atom. The third kappa shape index (κ3) is 4.11. The number of benzene rings is 3. The number of aromatic nitrogens is 2. The molecule has 144 valence electrons. The fourth-order valence-electron chi connectivity index (χ4n) is 3.44. The van der Waals surface area contributed by atoms with Gasteiger partial charge in [0.2, 0.25) is 5.78 Å². The molecule has 29 heavy (non-hydrogen) atoms. The smallest absolute Gasteiger partial charge is 0.203 e. The number of para-hydroxylation sites is 3. The van der Waals surface area contributed by atoms with Crippen LogP contribution in [0.4, 0.5) is 11.4 Å². The Balaban J connectivity index is 1.61. The molecule has 1 heterocycles. The van der Waals surface area contributed by atoms with Crippen molar-refractivity contribution in [1.82, 2.24) is 9.55 Å². The van der Waals surface area contributed by atoms with Crippen molar-refractivity contribution in [2.45, 2.75) is 6.92 Å². The lowest BCUT2D eigenvalue weighted by Gasteiger charge is -2.27. The first-order chi connectivity index (χ1) is 14.2. The summed E-state index contributed by atoms with van der Waals surface area (Å²) in [5.41, 5.74) is 3.05. The van der Waals surface area contributed by atoms with Crippen LogP contribution in [0.25, 0.3) is 5.69 Å². The quantitative estimate of drug-likeness (QED) is 0.395. The van der Waals surface area contributed by atoms with Crippen molar-refractivity contribution in [3.8, 4) is 5.69 Å². The molecule has 0 radical (unpaired) electrons. The normalized spacial score (nSPS) is 11.8. The van der Waals surface area contributed by atoms with E-state index in [4.69, 9.17) is 0 Å². The highest BCUT2D eigenvalue weighted by atomic mass is 16.1. The third-order valence-electron chi connectivity index (χ3n) is 4.94. The second-order valence-electron chi connectivity index (χ2n) is 7.00. The van der Waals surface area contributed by atoms with Crippen molar-refractivity contribution < 1.29 is 4.79 Å². The monoisotopic (exact) mass is 381 g/mol. The van der Waals surface area contributed by atoms with Gasteiger partial charge in [-0.25, -0.2) is 4.98 Å². The van der Waals surface area contributed by atoms with Gasteiger partial charge in [0, 0.05) is 41.9 Å². The van der Waals surface area contributed by atoms with Crippen molar-refractivity contribution >= 4 is 17.2 Å². The minimum atomic E-state index is -0.236. The summed E-state index contributed by atoms with van der Waals surface area (Å²) in [4.78, 5) is 19.8. The number of anilines is 2. The van der Waals surface area contributed by atoms with Crippen LogP contribution in [-0.2, 0) is 0 Å². The Morgan fingerprint density at radius 2 is 1.38 bits per heavy atom. The SMILES string of the molecule is C[C@H](CN(c1ccccc1)c1ccccc1)C(=O)c1nccn1-c1ccccc1. The van der Waals surface area contributed by atoms with Crippen molar-refractivity contribution in [3.05, 3.63) is 109 Å². The van der Waals surface area contributed by atoms with Gasteiger partial charge in [-0.15, -0.1) is 0 Å². The first-order valence-electron chi connectivity index (χ1n) is 9.74. The summed E-state index contributed by atoms with van der Waals surface area (Å²) in [5, 5.41) is 0. The maximum Gasteiger partial charge on any atom is 0.203 e. The second kappa shape index (κ2) is 8.57. The predicted molar refractivity (Wildman–Crippen MR) is 117 cm³/mol. The van der Waals surface area contributed by atoms with E-state index in [2.05, 4.69) is 34.1 Å². The summed E-state index contributed by atoms with van der Waals surface area (Å²) < 4.78 is 1.86. The van der Waals surface area contributed by atoms with Crippen molar-refractivity contribution in [1.29, 1.82) is 0 Å². The Hall–Kier alpha value is -3.66. The summed E-state index contributed by atoms with van der Waals surface area (Å²) in [7, 11) is 0. The van der Waals surface area contributed by atoms with Gasteiger partial charge in [0.15, 0.2) is 5.82 Å². The van der Waals surface area contributed by atoms with Gasteiger partial charge in [-0.05, 0) is 36.4 Å². The number of imidazole rings is 1. The molecular weight excluding hydrogens is 358 g/mol. The molecule has 1 aromatic heterocycles. The third-order valence-corrected chi connectivity index (χ3v) is 4.94. The van der Waals surface area contributed by atoms with E-state index in [9.17, 15) is 4.79 Å². The maximum atomic E-state index is 13.3. The first kappa shape index (κ1) is 18.7. The van der Waals surface area contributed by atoms with Crippen LogP contribution in [-0.4, -0.2) is 21.9 Å². The standard InChI is InChI=1S/C25H23N3O/c1-20(24(29)25-26-17-18-27(25)21-11-5-2-6-12-21)19-28(22-13-7-3-8-14-22)23-15-9-4-10-16-23/h2-18,20H,19H2,1H3/t20-/m1/s1. The average molecular weight is 381 g/mol. The van der Waals surface area contributed by atoms with Gasteiger partial charge in [-0.2, -0.15) is 0 Å². The fraction of sp³-hybridized carbons (Fsp3) is 0.120. The van der Waals surface area contributed by atoms with Crippen LogP contribution in [0.3, 0.4) is 0 Å². The van der Waals surface area contributed by atoms with E-state index in [-0.39, 0.29) is 11.7 Å². The summed E-state index contributed by atoms with van der Waals surface area (Å²) in [6.45, 7) is 2.53. The molecule has 0 amide bonds. The molecule has 0 aliphatic rings. The molecule has 4 aromatic rings. The lowest BCUT2D eigenvalue weighted by atomic mass is 10.0. The highest BCUT2D eigenvalue weighted by molar-refractivity contribution is 5.95. The molecule has 3 aromatic carbocycles. The topological polar surface area (TPSA) is 38.1 Å². The number of hydrogen-bond donors (Lipinski definition) is 0. The largest absolute Gasteiger partial charge is 0.341 e. The lowest BCUT2D eigenvalue weighted by molar-refractivity contribution is 0.0922. The number of carbonyl (C=O) groups excluding carboxylic acids is 1. The van der Waals surface area contributed by atoms with Gasteiger partial charge < -0.3 is 4.90 Å². The molecule has 4 rings (SSSR count). The van der Waals surface area contributed by atoms with Crippen LogP contribution in [0.2, 0.25) is 0 Å². The molecule has 0 aliphatic heterocycles. The number of carbonyl (C=O) groups is 1. The number of nitrogens with zero attached hydrogens (tertiary/aromatic N) is 3. The zero-order valence-corrected chi connectivity index (χ0v) is 16.3. The van der Waals surface area contributed by atoms with Crippen LogP contribution in [0.1, 0.15) is 17.5 Å². The van der Waals surface area contributed by atoms with Crippen molar-refractivity contribution in [2.24, 2.45) is 5.92 Å².